The molecule has 4 rings (SSSR count). The highest BCUT2D eigenvalue weighted by Crippen LogP contribution is 2.34. The number of fused-ring (bicyclic) bond motifs is 1. The van der Waals surface area contributed by atoms with Crippen molar-refractivity contribution in [3.05, 3.63) is 79.0 Å². The maximum Gasteiger partial charge on any atom is 0.301 e. The van der Waals surface area contributed by atoms with Crippen LogP contribution in [0.3, 0.4) is 0 Å². The van der Waals surface area contributed by atoms with E-state index < -0.39 is 10.2 Å². The van der Waals surface area contributed by atoms with Crippen LogP contribution in [0.5, 0.6) is 0 Å². The van der Waals surface area contributed by atoms with Gasteiger partial charge in [0.15, 0.2) is 0 Å². The number of anilines is 1. The van der Waals surface area contributed by atoms with Gasteiger partial charge in [0.25, 0.3) is 0 Å². The van der Waals surface area contributed by atoms with E-state index >= 15 is 0 Å². The van der Waals surface area contributed by atoms with E-state index in [1.807, 2.05) is 18.2 Å². The Labute approximate surface area is 190 Å². The SMILES string of the molecule is CC(C)Cn1cc(-c2ccc(NS(=O)(=O)N(C)C)cc2)c2ccc(-c3ccccc3)cc21. The highest BCUT2D eigenvalue weighted by Gasteiger charge is 2.15. The summed E-state index contributed by atoms with van der Waals surface area (Å²) < 4.78 is 30.3. The van der Waals surface area contributed by atoms with Crippen molar-refractivity contribution in [3.63, 3.8) is 0 Å². The average Bonchev–Trinajstić information content (AvgIpc) is 3.11. The van der Waals surface area contributed by atoms with E-state index in [9.17, 15) is 8.42 Å². The fourth-order valence-corrected chi connectivity index (χ4v) is 4.45. The van der Waals surface area contributed by atoms with E-state index in [-0.39, 0.29) is 0 Å². The minimum atomic E-state index is -3.52. The van der Waals surface area contributed by atoms with Gasteiger partial charge in [-0.3, -0.25) is 4.72 Å². The summed E-state index contributed by atoms with van der Waals surface area (Å²) in [4.78, 5) is 0. The van der Waals surface area contributed by atoms with E-state index in [0.717, 1.165) is 22.0 Å². The van der Waals surface area contributed by atoms with Crippen molar-refractivity contribution in [1.82, 2.24) is 8.87 Å². The molecule has 0 aliphatic rings. The molecule has 6 heteroatoms. The van der Waals surface area contributed by atoms with Crippen molar-refractivity contribution >= 4 is 26.8 Å². The molecule has 0 amide bonds. The van der Waals surface area contributed by atoms with Crippen molar-refractivity contribution in [3.8, 4) is 22.3 Å². The summed E-state index contributed by atoms with van der Waals surface area (Å²) in [5.74, 6) is 0.515. The highest BCUT2D eigenvalue weighted by molar-refractivity contribution is 7.90. The quantitative estimate of drug-likeness (QED) is 0.386. The number of rotatable bonds is 7. The third-order valence-electron chi connectivity index (χ3n) is 5.47. The predicted octanol–water partition coefficient (Wildman–Crippen LogP) is 5.85. The Morgan fingerprint density at radius 3 is 2.16 bits per heavy atom. The first-order chi connectivity index (χ1) is 15.2. The third kappa shape index (κ3) is 4.56. The van der Waals surface area contributed by atoms with E-state index in [2.05, 4.69) is 71.8 Å². The van der Waals surface area contributed by atoms with Crippen LogP contribution in [0.1, 0.15) is 13.8 Å². The van der Waals surface area contributed by atoms with Crippen LogP contribution in [-0.2, 0) is 16.8 Å². The van der Waals surface area contributed by atoms with Gasteiger partial charge in [0.1, 0.15) is 0 Å². The van der Waals surface area contributed by atoms with Crippen molar-refractivity contribution in [1.29, 1.82) is 0 Å². The molecule has 0 radical (unpaired) electrons. The van der Waals surface area contributed by atoms with E-state index in [0.29, 0.717) is 11.6 Å². The molecule has 0 bridgehead atoms. The number of hydrogen-bond donors (Lipinski definition) is 1. The van der Waals surface area contributed by atoms with Crippen molar-refractivity contribution in [2.24, 2.45) is 5.92 Å². The molecule has 0 atom stereocenters. The lowest BCUT2D eigenvalue weighted by atomic mass is 10.0. The van der Waals surface area contributed by atoms with Gasteiger partial charge in [-0.1, -0.05) is 68.4 Å². The molecule has 1 heterocycles. The number of hydrogen-bond acceptors (Lipinski definition) is 2. The monoisotopic (exact) mass is 447 g/mol. The largest absolute Gasteiger partial charge is 0.347 e. The Hall–Kier alpha value is -3.09. The fourth-order valence-electron chi connectivity index (χ4n) is 3.83. The van der Waals surface area contributed by atoms with Crippen LogP contribution in [0.25, 0.3) is 33.2 Å². The van der Waals surface area contributed by atoms with Gasteiger partial charge in [0, 0.05) is 49.0 Å². The molecule has 0 aliphatic carbocycles. The zero-order valence-electron chi connectivity index (χ0n) is 18.9. The molecular weight excluding hydrogens is 418 g/mol. The zero-order chi connectivity index (χ0) is 22.9. The fraction of sp³-hybridized carbons (Fsp3) is 0.231. The topological polar surface area (TPSA) is 54.3 Å². The Morgan fingerprint density at radius 2 is 1.53 bits per heavy atom. The lowest BCUT2D eigenvalue weighted by Gasteiger charge is -2.13. The Morgan fingerprint density at radius 1 is 0.875 bits per heavy atom. The molecule has 32 heavy (non-hydrogen) atoms. The standard InChI is InChI=1S/C26H29N3O2S/c1-19(2)17-29-18-25(21-10-13-23(14-11-21)27-32(30,31)28(3)4)24-15-12-22(16-26(24)29)20-8-6-5-7-9-20/h5-16,18-19,27H,17H2,1-4H3. The Kier molecular flexibility index (Phi) is 6.09. The highest BCUT2D eigenvalue weighted by atomic mass is 32.2. The summed E-state index contributed by atoms with van der Waals surface area (Å²) in [6.07, 6.45) is 2.21. The summed E-state index contributed by atoms with van der Waals surface area (Å²) in [6.45, 7) is 5.37. The Balaban J connectivity index is 1.75. The molecule has 0 fully saturated rings. The second-order valence-electron chi connectivity index (χ2n) is 8.65. The summed E-state index contributed by atoms with van der Waals surface area (Å²) in [7, 11) is -0.517. The van der Waals surface area contributed by atoms with Gasteiger partial charge in [-0.25, -0.2) is 0 Å². The van der Waals surface area contributed by atoms with Gasteiger partial charge in [0.2, 0.25) is 0 Å². The molecule has 0 unspecified atom stereocenters. The minimum Gasteiger partial charge on any atom is -0.347 e. The number of nitrogens with zero attached hydrogens (tertiary/aromatic N) is 2. The van der Waals surface area contributed by atoms with Gasteiger partial charge in [-0.2, -0.15) is 12.7 Å². The van der Waals surface area contributed by atoms with Crippen LogP contribution in [0.15, 0.2) is 79.0 Å². The summed E-state index contributed by atoms with van der Waals surface area (Å²) in [5.41, 5.74) is 6.33. The number of nitrogens with one attached hydrogen (secondary N) is 1. The first-order valence-corrected chi connectivity index (χ1v) is 12.2. The van der Waals surface area contributed by atoms with E-state index in [1.54, 1.807) is 12.1 Å². The molecule has 4 aromatic rings. The lowest BCUT2D eigenvalue weighted by Crippen LogP contribution is -2.28. The molecule has 5 nitrogen and oxygen atoms in total. The minimum absolute atomic E-state index is 0.515. The van der Waals surface area contributed by atoms with E-state index in [1.165, 1.54) is 36.1 Å². The molecule has 0 saturated heterocycles. The van der Waals surface area contributed by atoms with Crippen LogP contribution in [-0.4, -0.2) is 31.4 Å². The molecule has 166 valence electrons. The smallest absolute Gasteiger partial charge is 0.301 e. The van der Waals surface area contributed by atoms with Crippen LogP contribution < -0.4 is 4.72 Å². The second kappa shape index (κ2) is 8.81. The van der Waals surface area contributed by atoms with Crippen LogP contribution >= 0.6 is 0 Å². The van der Waals surface area contributed by atoms with Crippen molar-refractivity contribution in [2.75, 3.05) is 18.8 Å². The van der Waals surface area contributed by atoms with Crippen LogP contribution in [0.4, 0.5) is 5.69 Å². The summed E-state index contributed by atoms with van der Waals surface area (Å²) >= 11 is 0. The molecule has 0 aliphatic heterocycles. The maximum atomic E-state index is 12.1. The molecule has 1 N–H and O–H groups in total. The van der Waals surface area contributed by atoms with Gasteiger partial charge >= 0.3 is 10.2 Å². The van der Waals surface area contributed by atoms with Crippen LogP contribution in [0, 0.1) is 5.92 Å². The summed E-state index contributed by atoms with van der Waals surface area (Å²) in [6, 6.07) is 24.6. The molecule has 0 spiro atoms. The maximum absolute atomic E-state index is 12.1. The van der Waals surface area contributed by atoms with Crippen LogP contribution in [0.2, 0.25) is 0 Å². The molecule has 3 aromatic carbocycles. The van der Waals surface area contributed by atoms with Gasteiger partial charge in [-0.05, 0) is 40.8 Å². The first-order valence-electron chi connectivity index (χ1n) is 10.7. The average molecular weight is 448 g/mol. The molecule has 1 aromatic heterocycles. The predicted molar refractivity (Wildman–Crippen MR) is 134 cm³/mol. The number of benzene rings is 3. The lowest BCUT2D eigenvalue weighted by molar-refractivity contribution is 0.527. The zero-order valence-corrected chi connectivity index (χ0v) is 19.7. The molecule has 0 saturated carbocycles. The first kappa shape index (κ1) is 22.1. The number of aromatic nitrogens is 1. The van der Waals surface area contributed by atoms with Gasteiger partial charge in [0.05, 0.1) is 0 Å². The Bertz CT molecular complexity index is 1320. The van der Waals surface area contributed by atoms with Crippen molar-refractivity contribution in [2.45, 2.75) is 20.4 Å². The normalized spacial score (nSPS) is 12.1. The third-order valence-corrected chi connectivity index (χ3v) is 6.93. The van der Waals surface area contributed by atoms with Gasteiger partial charge < -0.3 is 4.57 Å². The van der Waals surface area contributed by atoms with Crippen molar-refractivity contribution < 1.29 is 8.42 Å². The van der Waals surface area contributed by atoms with Gasteiger partial charge in [-0.15, -0.1) is 0 Å². The summed E-state index contributed by atoms with van der Waals surface area (Å²) in [5, 5.41) is 1.19. The second-order valence-corrected chi connectivity index (χ2v) is 10.5. The molecular formula is C26H29N3O2S. The van der Waals surface area contributed by atoms with E-state index in [4.69, 9.17) is 0 Å².